The van der Waals surface area contributed by atoms with Crippen molar-refractivity contribution in [2.75, 3.05) is 29.5 Å². The zero-order valence-electron chi connectivity index (χ0n) is 12.1. The van der Waals surface area contributed by atoms with E-state index >= 15 is 0 Å². The summed E-state index contributed by atoms with van der Waals surface area (Å²) in [6.45, 7) is 1.90. The molecule has 0 bridgehead atoms. The molecule has 2 fully saturated rings. The van der Waals surface area contributed by atoms with Crippen molar-refractivity contribution in [2.24, 2.45) is 0 Å². The number of sulfone groups is 1. The van der Waals surface area contributed by atoms with Crippen LogP contribution in [0.25, 0.3) is 0 Å². The molecule has 0 aromatic carbocycles. The zero-order valence-corrected chi connectivity index (χ0v) is 12.9. The second-order valence-corrected chi connectivity index (χ2v) is 8.21. The maximum Gasteiger partial charge on any atom is 0.225 e. The molecule has 3 rings (SSSR count). The van der Waals surface area contributed by atoms with Crippen LogP contribution in [0.1, 0.15) is 25.7 Å². The molecule has 0 amide bonds. The van der Waals surface area contributed by atoms with E-state index in [1.807, 2.05) is 6.07 Å². The van der Waals surface area contributed by atoms with Gasteiger partial charge < -0.3 is 10.2 Å². The predicted molar refractivity (Wildman–Crippen MR) is 82.1 cm³/mol. The van der Waals surface area contributed by atoms with E-state index in [0.717, 1.165) is 44.7 Å². The average Bonchev–Trinajstić information content (AvgIpc) is 2.51. The Hall–Kier alpha value is -1.21. The molecule has 0 saturated carbocycles. The van der Waals surface area contributed by atoms with Gasteiger partial charge in [-0.3, -0.25) is 0 Å². The molecule has 2 aliphatic heterocycles. The van der Waals surface area contributed by atoms with E-state index in [1.165, 1.54) is 0 Å². The van der Waals surface area contributed by atoms with Crippen LogP contribution in [0, 0.1) is 0 Å². The Morgan fingerprint density at radius 2 is 1.57 bits per heavy atom. The maximum atomic E-state index is 11.4. The molecular formula is C14H22N4O2S. The topological polar surface area (TPSA) is 75.2 Å². The highest BCUT2D eigenvalue weighted by Crippen LogP contribution is 2.18. The van der Waals surface area contributed by atoms with Gasteiger partial charge in [0.2, 0.25) is 5.95 Å². The van der Waals surface area contributed by atoms with Gasteiger partial charge in [-0.05, 0) is 31.7 Å². The highest BCUT2D eigenvalue weighted by molar-refractivity contribution is 7.91. The Labute approximate surface area is 125 Å². The van der Waals surface area contributed by atoms with Gasteiger partial charge in [0.25, 0.3) is 0 Å². The summed E-state index contributed by atoms with van der Waals surface area (Å²) in [6, 6.07) is 2.67. The second-order valence-electron chi connectivity index (χ2n) is 5.90. The smallest absolute Gasteiger partial charge is 0.225 e. The Bertz CT molecular complexity index is 542. The van der Waals surface area contributed by atoms with Gasteiger partial charge in [-0.15, -0.1) is 0 Å². The van der Waals surface area contributed by atoms with Gasteiger partial charge in [-0.25, -0.2) is 18.4 Å². The van der Waals surface area contributed by atoms with Crippen molar-refractivity contribution in [3.63, 3.8) is 0 Å². The largest absolute Gasteiger partial charge is 0.341 e. The fourth-order valence-electron chi connectivity index (χ4n) is 3.09. The van der Waals surface area contributed by atoms with Crippen LogP contribution in [0.3, 0.4) is 0 Å². The first-order valence-corrected chi connectivity index (χ1v) is 9.43. The number of rotatable bonds is 3. The lowest BCUT2D eigenvalue weighted by atomic mass is 10.0. The quantitative estimate of drug-likeness (QED) is 0.882. The normalized spacial score (nSPS) is 24.1. The molecule has 2 aliphatic rings. The molecule has 1 aromatic heterocycles. The van der Waals surface area contributed by atoms with Crippen molar-refractivity contribution in [3.8, 4) is 0 Å². The Balaban J connectivity index is 1.46. The van der Waals surface area contributed by atoms with Gasteiger partial charge in [-0.1, -0.05) is 0 Å². The molecule has 0 aliphatic carbocycles. The minimum atomic E-state index is -2.77. The molecule has 21 heavy (non-hydrogen) atoms. The summed E-state index contributed by atoms with van der Waals surface area (Å²) in [5.74, 6) is 1.47. The van der Waals surface area contributed by atoms with Crippen LogP contribution in [0.4, 0.5) is 5.95 Å². The lowest BCUT2D eigenvalue weighted by molar-refractivity contribution is 0.348. The number of piperidine rings is 1. The molecule has 1 aromatic rings. The van der Waals surface area contributed by atoms with Crippen LogP contribution in [-0.4, -0.2) is 55.1 Å². The van der Waals surface area contributed by atoms with Crippen LogP contribution in [0.15, 0.2) is 18.5 Å². The molecule has 7 heteroatoms. The average molecular weight is 310 g/mol. The van der Waals surface area contributed by atoms with Gasteiger partial charge in [-0.2, -0.15) is 0 Å². The summed E-state index contributed by atoms with van der Waals surface area (Å²) >= 11 is 0. The first-order valence-electron chi connectivity index (χ1n) is 7.61. The molecule has 0 atom stereocenters. The van der Waals surface area contributed by atoms with E-state index in [0.29, 0.717) is 23.6 Å². The molecule has 0 unspecified atom stereocenters. The number of nitrogens with one attached hydrogen (secondary N) is 1. The monoisotopic (exact) mass is 310 g/mol. The lowest BCUT2D eigenvalue weighted by Crippen LogP contribution is -2.48. The predicted octanol–water partition coefficient (Wildman–Crippen LogP) is 0.612. The van der Waals surface area contributed by atoms with E-state index in [2.05, 4.69) is 20.2 Å². The van der Waals surface area contributed by atoms with Gasteiger partial charge in [0.05, 0.1) is 11.5 Å². The third-order valence-electron chi connectivity index (χ3n) is 4.36. The first kappa shape index (κ1) is 14.7. The summed E-state index contributed by atoms with van der Waals surface area (Å²) in [4.78, 5) is 10.8. The Kier molecular flexibility index (Phi) is 4.40. The molecule has 3 heterocycles. The number of anilines is 1. The fraction of sp³-hybridized carbons (Fsp3) is 0.714. The molecule has 2 saturated heterocycles. The Morgan fingerprint density at radius 3 is 2.19 bits per heavy atom. The summed E-state index contributed by atoms with van der Waals surface area (Å²) in [5, 5.41) is 3.64. The van der Waals surface area contributed by atoms with Crippen molar-refractivity contribution in [1.82, 2.24) is 15.3 Å². The first-order chi connectivity index (χ1) is 10.1. The Morgan fingerprint density at radius 1 is 1.00 bits per heavy atom. The van der Waals surface area contributed by atoms with E-state index in [1.54, 1.807) is 12.4 Å². The van der Waals surface area contributed by atoms with Crippen molar-refractivity contribution < 1.29 is 8.42 Å². The standard InChI is InChI=1S/C14H22N4O2S/c19-21(20)10-4-13(5-11-21)17-12-2-8-18(9-3-12)14-15-6-1-7-16-14/h1,6-7,12-13,17H,2-5,8-11H2. The molecule has 0 spiro atoms. The van der Waals surface area contributed by atoms with Crippen LogP contribution in [-0.2, 0) is 9.84 Å². The van der Waals surface area contributed by atoms with E-state index in [9.17, 15) is 8.42 Å². The third kappa shape index (κ3) is 3.91. The fourth-order valence-corrected chi connectivity index (χ4v) is 4.58. The molecular weight excluding hydrogens is 288 g/mol. The number of nitrogens with zero attached hydrogens (tertiary/aromatic N) is 3. The highest BCUT2D eigenvalue weighted by Gasteiger charge is 2.27. The molecule has 116 valence electrons. The molecule has 1 N–H and O–H groups in total. The number of aromatic nitrogens is 2. The van der Waals surface area contributed by atoms with Gasteiger partial charge in [0, 0.05) is 37.6 Å². The van der Waals surface area contributed by atoms with E-state index in [4.69, 9.17) is 0 Å². The van der Waals surface area contributed by atoms with Gasteiger partial charge in [0.1, 0.15) is 9.84 Å². The highest BCUT2D eigenvalue weighted by atomic mass is 32.2. The van der Waals surface area contributed by atoms with Crippen LogP contribution in [0.5, 0.6) is 0 Å². The van der Waals surface area contributed by atoms with Crippen LogP contribution in [0.2, 0.25) is 0 Å². The van der Waals surface area contributed by atoms with Crippen molar-refractivity contribution in [1.29, 1.82) is 0 Å². The summed E-state index contributed by atoms with van der Waals surface area (Å²) in [7, 11) is -2.77. The van der Waals surface area contributed by atoms with Crippen molar-refractivity contribution in [2.45, 2.75) is 37.8 Å². The van der Waals surface area contributed by atoms with E-state index in [-0.39, 0.29) is 0 Å². The molecule has 6 nitrogen and oxygen atoms in total. The second kappa shape index (κ2) is 6.27. The van der Waals surface area contributed by atoms with Gasteiger partial charge >= 0.3 is 0 Å². The minimum absolute atomic E-state index is 0.335. The van der Waals surface area contributed by atoms with Gasteiger partial charge in [0.15, 0.2) is 0 Å². The summed E-state index contributed by atoms with van der Waals surface area (Å²) < 4.78 is 22.9. The summed E-state index contributed by atoms with van der Waals surface area (Å²) in [6.07, 6.45) is 7.17. The van der Waals surface area contributed by atoms with E-state index < -0.39 is 9.84 Å². The van der Waals surface area contributed by atoms with Crippen molar-refractivity contribution in [3.05, 3.63) is 18.5 Å². The number of hydrogen-bond donors (Lipinski definition) is 1. The lowest BCUT2D eigenvalue weighted by Gasteiger charge is -2.35. The maximum absolute atomic E-state index is 11.4. The van der Waals surface area contributed by atoms with Crippen LogP contribution >= 0.6 is 0 Å². The van der Waals surface area contributed by atoms with Crippen molar-refractivity contribution >= 4 is 15.8 Å². The van der Waals surface area contributed by atoms with Crippen LogP contribution < -0.4 is 10.2 Å². The zero-order chi connectivity index (χ0) is 14.7. The summed E-state index contributed by atoms with van der Waals surface area (Å²) in [5.41, 5.74) is 0. The minimum Gasteiger partial charge on any atom is -0.341 e. The SMILES string of the molecule is O=S1(=O)CCC(NC2CCN(c3ncccn3)CC2)CC1. The molecule has 0 radical (unpaired) electrons. The number of hydrogen-bond acceptors (Lipinski definition) is 6. The third-order valence-corrected chi connectivity index (χ3v) is 6.07.